The molecule has 1 aromatic heterocycles. The first-order chi connectivity index (χ1) is 12.7. The third-order valence-corrected chi connectivity index (χ3v) is 3.56. The predicted octanol–water partition coefficient (Wildman–Crippen LogP) is 3.32. The van der Waals surface area contributed by atoms with Crippen molar-refractivity contribution in [3.8, 4) is 17.2 Å². The molecule has 3 rings (SSSR count). The number of ether oxygens (including phenoxy) is 2. The fraction of sp³-hybridized carbons (Fsp3) is 0.211. The third kappa shape index (κ3) is 4.00. The molecule has 1 heterocycles. The molecule has 134 valence electrons. The Bertz CT molecular complexity index is 878. The van der Waals surface area contributed by atoms with Crippen molar-refractivity contribution >= 4 is 11.6 Å². The summed E-state index contributed by atoms with van der Waals surface area (Å²) < 4.78 is 12.6. The first-order valence-corrected chi connectivity index (χ1v) is 8.40. The second-order valence-electron chi connectivity index (χ2n) is 5.36. The Kier molecular flexibility index (Phi) is 5.48. The van der Waals surface area contributed by atoms with E-state index in [2.05, 4.69) is 15.6 Å². The Morgan fingerprint density at radius 3 is 2.58 bits per heavy atom. The first kappa shape index (κ1) is 17.5. The first-order valence-electron chi connectivity index (χ1n) is 8.40. The van der Waals surface area contributed by atoms with Gasteiger partial charge >= 0.3 is 0 Å². The van der Waals surface area contributed by atoms with Crippen molar-refractivity contribution in [3.05, 3.63) is 60.4 Å². The van der Waals surface area contributed by atoms with E-state index in [9.17, 15) is 4.79 Å². The summed E-state index contributed by atoms with van der Waals surface area (Å²) in [6.45, 7) is 4.80. The van der Waals surface area contributed by atoms with Crippen LogP contribution in [0.25, 0.3) is 5.69 Å². The van der Waals surface area contributed by atoms with Gasteiger partial charge in [0.05, 0.1) is 30.8 Å². The summed E-state index contributed by atoms with van der Waals surface area (Å²) >= 11 is 0. The van der Waals surface area contributed by atoms with Gasteiger partial charge in [-0.25, -0.2) is 4.68 Å². The fourth-order valence-corrected chi connectivity index (χ4v) is 2.41. The van der Waals surface area contributed by atoms with E-state index in [1.54, 1.807) is 29.1 Å². The maximum Gasteiger partial charge on any atom is 0.277 e. The lowest BCUT2D eigenvalue weighted by atomic mass is 10.2. The molecule has 0 aliphatic heterocycles. The summed E-state index contributed by atoms with van der Waals surface area (Å²) in [6, 6.07) is 14.8. The Labute approximate surface area is 151 Å². The zero-order valence-corrected chi connectivity index (χ0v) is 14.7. The molecular weight excluding hydrogens is 332 g/mol. The molecule has 7 nitrogen and oxygen atoms in total. The fourth-order valence-electron chi connectivity index (χ4n) is 2.41. The van der Waals surface area contributed by atoms with E-state index in [4.69, 9.17) is 9.47 Å². The molecule has 0 radical (unpaired) electrons. The van der Waals surface area contributed by atoms with E-state index in [1.165, 1.54) is 0 Å². The quantitative estimate of drug-likeness (QED) is 0.706. The lowest BCUT2D eigenvalue weighted by Crippen LogP contribution is -2.13. The minimum atomic E-state index is -0.373. The van der Waals surface area contributed by atoms with Crippen LogP contribution in [0.5, 0.6) is 11.5 Å². The van der Waals surface area contributed by atoms with Gasteiger partial charge in [0.15, 0.2) is 5.69 Å². The van der Waals surface area contributed by atoms with Crippen LogP contribution in [-0.4, -0.2) is 34.1 Å². The van der Waals surface area contributed by atoms with Crippen molar-refractivity contribution in [2.75, 3.05) is 18.5 Å². The molecule has 1 amide bonds. The number of aromatic nitrogens is 3. The molecule has 0 aliphatic rings. The third-order valence-electron chi connectivity index (χ3n) is 3.56. The van der Waals surface area contributed by atoms with Gasteiger partial charge in [-0.3, -0.25) is 4.79 Å². The number of anilines is 1. The van der Waals surface area contributed by atoms with E-state index < -0.39 is 0 Å². The molecule has 0 bridgehead atoms. The molecule has 1 N–H and O–H groups in total. The van der Waals surface area contributed by atoms with Gasteiger partial charge in [0, 0.05) is 6.07 Å². The van der Waals surface area contributed by atoms with E-state index in [0.29, 0.717) is 30.4 Å². The van der Waals surface area contributed by atoms with Gasteiger partial charge in [0.2, 0.25) is 0 Å². The Balaban J connectivity index is 1.81. The average molecular weight is 352 g/mol. The molecular formula is C19H20N4O3. The van der Waals surface area contributed by atoms with Gasteiger partial charge in [-0.15, -0.1) is 5.10 Å². The number of benzene rings is 2. The van der Waals surface area contributed by atoms with Crippen LogP contribution in [0.1, 0.15) is 24.3 Å². The molecule has 0 atom stereocenters. The summed E-state index contributed by atoms with van der Waals surface area (Å²) in [5.41, 5.74) is 1.56. The normalized spacial score (nSPS) is 10.4. The number of amides is 1. The molecule has 0 spiro atoms. The number of carbonyl (C=O) groups is 1. The number of hydrogen-bond donors (Lipinski definition) is 1. The number of hydrogen-bond acceptors (Lipinski definition) is 5. The average Bonchev–Trinajstić information content (AvgIpc) is 3.15. The Morgan fingerprint density at radius 2 is 1.85 bits per heavy atom. The number of carbonyl (C=O) groups excluding carboxylic acids is 1. The van der Waals surface area contributed by atoms with Gasteiger partial charge in [0.1, 0.15) is 11.5 Å². The summed E-state index contributed by atoms with van der Waals surface area (Å²) in [7, 11) is 0. The standard InChI is InChI=1S/C19H20N4O3/c1-3-25-15-10-11-18(26-4-2)16(12-15)20-19(24)17-13-23(22-21-17)14-8-6-5-7-9-14/h5-13H,3-4H2,1-2H3,(H,20,24). The van der Waals surface area contributed by atoms with Gasteiger partial charge in [-0.2, -0.15) is 0 Å². The van der Waals surface area contributed by atoms with E-state index in [-0.39, 0.29) is 11.6 Å². The zero-order valence-electron chi connectivity index (χ0n) is 14.7. The molecule has 0 aliphatic carbocycles. The molecule has 7 heteroatoms. The van der Waals surface area contributed by atoms with Crippen molar-refractivity contribution in [2.24, 2.45) is 0 Å². The number of rotatable bonds is 7. The summed E-state index contributed by atoms with van der Waals surface area (Å²) in [6.07, 6.45) is 1.58. The minimum absolute atomic E-state index is 0.207. The molecule has 0 saturated heterocycles. The molecule has 0 fully saturated rings. The highest BCUT2D eigenvalue weighted by molar-refractivity contribution is 6.03. The molecule has 26 heavy (non-hydrogen) atoms. The maximum atomic E-state index is 12.6. The van der Waals surface area contributed by atoms with Crippen molar-refractivity contribution in [1.82, 2.24) is 15.0 Å². The van der Waals surface area contributed by atoms with Crippen molar-refractivity contribution < 1.29 is 14.3 Å². The summed E-state index contributed by atoms with van der Waals surface area (Å²) in [5, 5.41) is 10.8. The second kappa shape index (κ2) is 8.15. The van der Waals surface area contributed by atoms with Crippen molar-refractivity contribution in [1.29, 1.82) is 0 Å². The van der Waals surface area contributed by atoms with Crippen LogP contribution in [0.3, 0.4) is 0 Å². The monoisotopic (exact) mass is 352 g/mol. The highest BCUT2D eigenvalue weighted by atomic mass is 16.5. The highest BCUT2D eigenvalue weighted by Crippen LogP contribution is 2.29. The van der Waals surface area contributed by atoms with Gasteiger partial charge in [-0.05, 0) is 38.1 Å². The smallest absolute Gasteiger partial charge is 0.277 e. The van der Waals surface area contributed by atoms with Crippen LogP contribution in [0.15, 0.2) is 54.7 Å². The molecule has 0 saturated carbocycles. The van der Waals surface area contributed by atoms with Crippen LogP contribution < -0.4 is 14.8 Å². The summed E-state index contributed by atoms with van der Waals surface area (Å²) in [5.74, 6) is 0.848. The van der Waals surface area contributed by atoms with Crippen LogP contribution in [0.2, 0.25) is 0 Å². The van der Waals surface area contributed by atoms with Crippen molar-refractivity contribution in [2.45, 2.75) is 13.8 Å². The van der Waals surface area contributed by atoms with E-state index in [0.717, 1.165) is 5.69 Å². The zero-order chi connectivity index (χ0) is 18.4. The van der Waals surface area contributed by atoms with Crippen LogP contribution in [0.4, 0.5) is 5.69 Å². The van der Waals surface area contributed by atoms with Gasteiger partial charge in [-0.1, -0.05) is 23.4 Å². The van der Waals surface area contributed by atoms with E-state index >= 15 is 0 Å². The van der Waals surface area contributed by atoms with Crippen LogP contribution >= 0.6 is 0 Å². The molecule has 2 aromatic carbocycles. The second-order valence-corrected chi connectivity index (χ2v) is 5.36. The highest BCUT2D eigenvalue weighted by Gasteiger charge is 2.15. The largest absolute Gasteiger partial charge is 0.494 e. The Hall–Kier alpha value is -3.35. The number of nitrogens with zero attached hydrogens (tertiary/aromatic N) is 3. The van der Waals surface area contributed by atoms with E-state index in [1.807, 2.05) is 44.2 Å². The van der Waals surface area contributed by atoms with Crippen LogP contribution in [0, 0.1) is 0 Å². The van der Waals surface area contributed by atoms with Crippen molar-refractivity contribution in [3.63, 3.8) is 0 Å². The van der Waals surface area contributed by atoms with Gasteiger partial charge in [0.25, 0.3) is 5.91 Å². The topological polar surface area (TPSA) is 78.3 Å². The minimum Gasteiger partial charge on any atom is -0.494 e. The number of nitrogens with one attached hydrogen (secondary N) is 1. The lowest BCUT2D eigenvalue weighted by molar-refractivity contribution is 0.102. The summed E-state index contributed by atoms with van der Waals surface area (Å²) in [4.78, 5) is 12.6. The Morgan fingerprint density at radius 1 is 1.08 bits per heavy atom. The molecule has 0 unspecified atom stereocenters. The maximum absolute atomic E-state index is 12.6. The lowest BCUT2D eigenvalue weighted by Gasteiger charge is -2.12. The SMILES string of the molecule is CCOc1ccc(OCC)c(NC(=O)c2cn(-c3ccccc3)nn2)c1. The van der Waals surface area contributed by atoms with Gasteiger partial charge < -0.3 is 14.8 Å². The predicted molar refractivity (Wildman–Crippen MR) is 98.1 cm³/mol. The number of para-hydroxylation sites is 1. The van der Waals surface area contributed by atoms with Crippen LogP contribution in [-0.2, 0) is 0 Å². The molecule has 3 aromatic rings.